The summed E-state index contributed by atoms with van der Waals surface area (Å²) >= 11 is 7.01. The Morgan fingerprint density at radius 3 is 2.58 bits per heavy atom. The smallest absolute Gasteiger partial charge is 0.263 e. The normalized spacial score (nSPS) is 11.5. The van der Waals surface area contributed by atoms with Crippen LogP contribution in [0.25, 0.3) is 11.3 Å². The third-order valence-electron chi connectivity index (χ3n) is 4.22. The number of nitrogens with one attached hydrogen (secondary N) is 1. The van der Waals surface area contributed by atoms with Crippen LogP contribution in [0.2, 0.25) is 5.02 Å². The molecule has 0 unspecified atom stereocenters. The number of rotatable bonds is 6. The SMILES string of the molecule is Cc1nsc(NS(=O)(=O)c2ccc(Oc3ccc(Cl)cc3-c3ccnn3C)c(F)c2)n1. The topological polar surface area (TPSA) is 99.0 Å². The molecule has 0 aliphatic carbocycles. The summed E-state index contributed by atoms with van der Waals surface area (Å²) in [6, 6.07) is 10.0. The zero-order valence-corrected chi connectivity index (χ0v) is 18.6. The van der Waals surface area contributed by atoms with Crippen LogP contribution < -0.4 is 9.46 Å². The third kappa shape index (κ3) is 4.53. The average molecular weight is 480 g/mol. The molecule has 8 nitrogen and oxygen atoms in total. The van der Waals surface area contributed by atoms with Crippen LogP contribution in [-0.2, 0) is 17.1 Å². The van der Waals surface area contributed by atoms with Crippen molar-refractivity contribution in [3.05, 3.63) is 65.3 Å². The lowest BCUT2D eigenvalue weighted by molar-refractivity contribution is 0.441. The highest BCUT2D eigenvalue weighted by molar-refractivity contribution is 7.93. The van der Waals surface area contributed by atoms with Gasteiger partial charge in [-0.2, -0.15) is 9.47 Å². The molecule has 160 valence electrons. The van der Waals surface area contributed by atoms with Gasteiger partial charge in [0.25, 0.3) is 10.0 Å². The molecule has 0 atom stereocenters. The molecule has 0 spiro atoms. The predicted octanol–water partition coefficient (Wildman–Crippen LogP) is 4.63. The first-order chi connectivity index (χ1) is 14.7. The Labute approximate surface area is 186 Å². The van der Waals surface area contributed by atoms with Crippen molar-refractivity contribution in [2.75, 3.05) is 4.72 Å². The van der Waals surface area contributed by atoms with Crippen LogP contribution in [0.15, 0.2) is 53.6 Å². The van der Waals surface area contributed by atoms with Gasteiger partial charge in [-0.15, -0.1) is 0 Å². The zero-order valence-electron chi connectivity index (χ0n) is 16.2. The number of aromatic nitrogens is 4. The highest BCUT2D eigenvalue weighted by Crippen LogP contribution is 2.36. The summed E-state index contributed by atoms with van der Waals surface area (Å²) < 4.78 is 53.4. The van der Waals surface area contributed by atoms with E-state index in [2.05, 4.69) is 19.2 Å². The van der Waals surface area contributed by atoms with Gasteiger partial charge in [-0.25, -0.2) is 17.8 Å². The van der Waals surface area contributed by atoms with E-state index < -0.39 is 15.8 Å². The molecule has 4 aromatic rings. The number of ether oxygens (including phenoxy) is 1. The number of halogens is 2. The van der Waals surface area contributed by atoms with E-state index in [-0.39, 0.29) is 15.8 Å². The molecule has 1 N–H and O–H groups in total. The zero-order chi connectivity index (χ0) is 22.2. The second-order valence-electron chi connectivity index (χ2n) is 6.43. The molecule has 0 amide bonds. The minimum absolute atomic E-state index is 0.0974. The Balaban J connectivity index is 1.64. The number of nitrogens with zero attached hydrogens (tertiary/aromatic N) is 4. The number of sulfonamides is 1. The molecule has 0 aliphatic rings. The Kier molecular flexibility index (Phi) is 5.65. The monoisotopic (exact) mass is 479 g/mol. The van der Waals surface area contributed by atoms with Gasteiger partial charge in [-0.3, -0.25) is 9.40 Å². The number of hydrogen-bond donors (Lipinski definition) is 1. The number of aryl methyl sites for hydroxylation is 2. The number of hydrogen-bond acceptors (Lipinski definition) is 7. The second kappa shape index (κ2) is 8.25. The second-order valence-corrected chi connectivity index (χ2v) is 9.30. The largest absolute Gasteiger partial charge is 0.454 e. The lowest BCUT2D eigenvalue weighted by Gasteiger charge is -2.13. The van der Waals surface area contributed by atoms with Crippen molar-refractivity contribution in [3.8, 4) is 22.8 Å². The van der Waals surface area contributed by atoms with E-state index in [9.17, 15) is 12.8 Å². The Bertz CT molecular complexity index is 1370. The van der Waals surface area contributed by atoms with Gasteiger partial charge in [-0.1, -0.05) is 11.6 Å². The Morgan fingerprint density at radius 1 is 1.16 bits per heavy atom. The van der Waals surface area contributed by atoms with Crippen LogP contribution in [0.5, 0.6) is 11.5 Å². The first-order valence-corrected chi connectivity index (χ1v) is 11.4. The molecule has 2 heterocycles. The number of benzene rings is 2. The fourth-order valence-electron chi connectivity index (χ4n) is 2.79. The minimum atomic E-state index is -4.03. The molecule has 0 aliphatic heterocycles. The molecule has 31 heavy (non-hydrogen) atoms. The predicted molar refractivity (Wildman–Crippen MR) is 116 cm³/mol. The van der Waals surface area contributed by atoms with Crippen LogP contribution in [0.3, 0.4) is 0 Å². The number of anilines is 1. The maximum absolute atomic E-state index is 14.8. The Hall–Kier alpha value is -3.02. The van der Waals surface area contributed by atoms with E-state index in [0.29, 0.717) is 27.9 Å². The van der Waals surface area contributed by atoms with Crippen molar-refractivity contribution in [1.29, 1.82) is 0 Å². The van der Waals surface area contributed by atoms with E-state index in [0.717, 1.165) is 17.6 Å². The van der Waals surface area contributed by atoms with Crippen molar-refractivity contribution in [3.63, 3.8) is 0 Å². The van der Waals surface area contributed by atoms with Crippen LogP contribution in [0, 0.1) is 12.7 Å². The summed E-state index contributed by atoms with van der Waals surface area (Å²) in [5.41, 5.74) is 1.32. The van der Waals surface area contributed by atoms with E-state index >= 15 is 0 Å². The van der Waals surface area contributed by atoms with Gasteiger partial charge >= 0.3 is 0 Å². The summed E-state index contributed by atoms with van der Waals surface area (Å²) in [6.07, 6.45) is 1.62. The van der Waals surface area contributed by atoms with Crippen molar-refractivity contribution < 1.29 is 17.5 Å². The highest BCUT2D eigenvalue weighted by Gasteiger charge is 2.20. The molecular weight excluding hydrogens is 465 g/mol. The van der Waals surface area contributed by atoms with Crippen LogP contribution in [0.1, 0.15) is 5.82 Å². The lowest BCUT2D eigenvalue weighted by Crippen LogP contribution is -2.13. The van der Waals surface area contributed by atoms with Crippen molar-refractivity contribution in [1.82, 2.24) is 19.1 Å². The maximum Gasteiger partial charge on any atom is 0.263 e. The molecule has 2 aromatic heterocycles. The molecule has 4 rings (SSSR count). The molecule has 12 heteroatoms. The van der Waals surface area contributed by atoms with E-state index in [1.54, 1.807) is 49.1 Å². The van der Waals surface area contributed by atoms with Crippen LogP contribution in [0.4, 0.5) is 9.52 Å². The fourth-order valence-corrected chi connectivity index (χ4v) is 4.77. The van der Waals surface area contributed by atoms with Gasteiger partial charge in [0.15, 0.2) is 11.6 Å². The van der Waals surface area contributed by atoms with Gasteiger partial charge in [0.05, 0.1) is 10.6 Å². The van der Waals surface area contributed by atoms with Gasteiger partial charge < -0.3 is 4.74 Å². The molecule has 0 saturated carbocycles. The highest BCUT2D eigenvalue weighted by atomic mass is 35.5. The Morgan fingerprint density at radius 2 is 1.94 bits per heavy atom. The van der Waals surface area contributed by atoms with E-state index in [1.165, 1.54) is 12.1 Å². The maximum atomic E-state index is 14.8. The first-order valence-electron chi connectivity index (χ1n) is 8.81. The first kappa shape index (κ1) is 21.2. The van der Waals surface area contributed by atoms with Gasteiger partial charge in [0.2, 0.25) is 5.13 Å². The van der Waals surface area contributed by atoms with Crippen molar-refractivity contribution in [2.24, 2.45) is 7.05 Å². The third-order valence-corrected chi connectivity index (χ3v) is 6.64. The molecular formula is C19H15ClFN5O3S2. The van der Waals surface area contributed by atoms with Gasteiger partial charge in [0, 0.05) is 35.4 Å². The fraction of sp³-hybridized carbons (Fsp3) is 0.105. The van der Waals surface area contributed by atoms with Gasteiger partial charge in [-0.05, 0) is 49.4 Å². The lowest BCUT2D eigenvalue weighted by atomic mass is 10.1. The summed E-state index contributed by atoms with van der Waals surface area (Å²) in [5, 5.41) is 4.70. The van der Waals surface area contributed by atoms with E-state index in [4.69, 9.17) is 16.3 Å². The van der Waals surface area contributed by atoms with Crippen molar-refractivity contribution >= 4 is 38.3 Å². The molecule has 2 aromatic carbocycles. The van der Waals surface area contributed by atoms with Crippen molar-refractivity contribution in [2.45, 2.75) is 11.8 Å². The molecule has 0 saturated heterocycles. The van der Waals surface area contributed by atoms with Crippen LogP contribution >= 0.6 is 23.1 Å². The van der Waals surface area contributed by atoms with Crippen LogP contribution in [-0.4, -0.2) is 27.6 Å². The summed E-state index contributed by atoms with van der Waals surface area (Å²) in [4.78, 5) is 3.68. The minimum Gasteiger partial charge on any atom is -0.454 e. The summed E-state index contributed by atoms with van der Waals surface area (Å²) in [5.74, 6) is -0.214. The molecule has 0 fully saturated rings. The molecule has 0 radical (unpaired) electrons. The quantitative estimate of drug-likeness (QED) is 0.432. The van der Waals surface area contributed by atoms with E-state index in [1.807, 2.05) is 0 Å². The average Bonchev–Trinajstić information content (AvgIpc) is 3.32. The molecule has 0 bridgehead atoms. The summed E-state index contributed by atoms with van der Waals surface area (Å²) in [6.45, 7) is 1.64. The summed E-state index contributed by atoms with van der Waals surface area (Å²) in [7, 11) is -2.28. The standard InChI is InChI=1S/C19H15ClFN5O3S2/c1-11-23-19(30-24-11)25-31(27,28)13-4-6-18(15(21)10-13)29-17-5-3-12(20)9-14(17)16-7-8-22-26(16)2/h3-10H,1-2H3,(H,23,24,25). The van der Waals surface area contributed by atoms with Gasteiger partial charge in [0.1, 0.15) is 11.6 Å².